The van der Waals surface area contributed by atoms with Gasteiger partial charge in [-0.15, -0.1) is 0 Å². The molecule has 112 valence electrons. The van der Waals surface area contributed by atoms with Gasteiger partial charge in [0.25, 0.3) is 0 Å². The van der Waals surface area contributed by atoms with Gasteiger partial charge in [0.05, 0.1) is 0 Å². The van der Waals surface area contributed by atoms with Crippen LogP contribution >= 0.6 is 0 Å². The van der Waals surface area contributed by atoms with Gasteiger partial charge in [-0.05, 0) is 31.6 Å². The molecule has 2 rings (SSSR count). The van der Waals surface area contributed by atoms with Crippen LogP contribution in [-0.2, 0) is 0 Å². The first-order valence-corrected chi connectivity index (χ1v) is 8.62. The van der Waals surface area contributed by atoms with Crippen molar-refractivity contribution in [2.45, 2.75) is 96.2 Å². The standard InChI is InChI=1S/C17H32O2/c18-16(19)17(13-9-5-2-6-10-14-17)15-11-7-3-1-4-8-12-15/h15-16,18-19H,1-14H2. The summed E-state index contributed by atoms with van der Waals surface area (Å²) in [7, 11) is 0. The molecule has 0 heterocycles. The number of hydrogen-bond donors (Lipinski definition) is 2. The van der Waals surface area contributed by atoms with Crippen LogP contribution in [0.25, 0.3) is 0 Å². The van der Waals surface area contributed by atoms with Crippen LogP contribution in [0.2, 0.25) is 0 Å². The Morgan fingerprint density at radius 2 is 1.05 bits per heavy atom. The fourth-order valence-electron chi connectivity index (χ4n) is 4.47. The number of rotatable bonds is 2. The van der Waals surface area contributed by atoms with E-state index in [1.54, 1.807) is 0 Å². The molecule has 0 aromatic heterocycles. The maximum Gasteiger partial charge on any atom is 0.157 e. The molecule has 0 aromatic carbocycles. The third-order valence-corrected chi connectivity index (χ3v) is 5.72. The van der Waals surface area contributed by atoms with Gasteiger partial charge in [-0.1, -0.05) is 64.2 Å². The van der Waals surface area contributed by atoms with Crippen molar-refractivity contribution in [2.75, 3.05) is 0 Å². The van der Waals surface area contributed by atoms with Gasteiger partial charge in [0, 0.05) is 5.41 Å². The molecule has 2 N–H and O–H groups in total. The maximum atomic E-state index is 10.1. The van der Waals surface area contributed by atoms with Gasteiger partial charge in [0.15, 0.2) is 6.29 Å². The van der Waals surface area contributed by atoms with Crippen LogP contribution < -0.4 is 0 Å². The Kier molecular flexibility index (Phi) is 6.15. The third kappa shape index (κ3) is 3.95. The molecule has 0 spiro atoms. The smallest absolute Gasteiger partial charge is 0.157 e. The molecule has 2 saturated carbocycles. The molecule has 2 aliphatic carbocycles. The summed E-state index contributed by atoms with van der Waals surface area (Å²) in [4.78, 5) is 0. The van der Waals surface area contributed by atoms with Gasteiger partial charge in [-0.2, -0.15) is 0 Å². The lowest BCUT2D eigenvalue weighted by atomic mass is 9.63. The molecular weight excluding hydrogens is 236 g/mol. The van der Waals surface area contributed by atoms with Crippen LogP contribution in [0.3, 0.4) is 0 Å². The lowest BCUT2D eigenvalue weighted by Crippen LogP contribution is -2.43. The Bertz CT molecular complexity index is 234. The Morgan fingerprint density at radius 3 is 1.53 bits per heavy atom. The summed E-state index contributed by atoms with van der Waals surface area (Å²) in [6.07, 6.45) is 16.3. The summed E-state index contributed by atoms with van der Waals surface area (Å²) < 4.78 is 0. The molecule has 0 amide bonds. The number of aliphatic hydroxyl groups is 2. The van der Waals surface area contributed by atoms with E-state index in [4.69, 9.17) is 0 Å². The summed E-state index contributed by atoms with van der Waals surface area (Å²) >= 11 is 0. The highest BCUT2D eigenvalue weighted by Crippen LogP contribution is 2.47. The van der Waals surface area contributed by atoms with E-state index in [2.05, 4.69) is 0 Å². The molecular formula is C17H32O2. The molecule has 0 bridgehead atoms. The predicted molar refractivity (Wildman–Crippen MR) is 78.8 cm³/mol. The first-order valence-electron chi connectivity index (χ1n) is 8.62. The molecule has 0 aliphatic heterocycles. The third-order valence-electron chi connectivity index (χ3n) is 5.72. The molecule has 19 heavy (non-hydrogen) atoms. The molecule has 0 saturated heterocycles. The maximum absolute atomic E-state index is 10.1. The predicted octanol–water partition coefficient (Wildman–Crippen LogP) is 4.39. The minimum atomic E-state index is -1.10. The normalized spacial score (nSPS) is 27.3. The average molecular weight is 268 g/mol. The Balaban J connectivity index is 2.09. The Labute approximate surface area is 118 Å². The summed E-state index contributed by atoms with van der Waals surface area (Å²) in [5, 5.41) is 20.2. The van der Waals surface area contributed by atoms with Crippen LogP contribution in [0, 0.1) is 11.3 Å². The van der Waals surface area contributed by atoms with E-state index >= 15 is 0 Å². The van der Waals surface area contributed by atoms with E-state index in [1.807, 2.05) is 0 Å². The van der Waals surface area contributed by atoms with E-state index < -0.39 is 6.29 Å². The molecule has 0 unspecified atom stereocenters. The van der Waals surface area contributed by atoms with E-state index in [1.165, 1.54) is 77.0 Å². The SMILES string of the molecule is OC(O)C1(C2CCCCCCC2)CCCCCCC1. The van der Waals surface area contributed by atoms with Gasteiger partial charge < -0.3 is 10.2 Å². The summed E-state index contributed by atoms with van der Waals surface area (Å²) in [5.74, 6) is 0.547. The molecule has 2 nitrogen and oxygen atoms in total. The van der Waals surface area contributed by atoms with Crippen LogP contribution in [0.5, 0.6) is 0 Å². The molecule has 2 heteroatoms. The van der Waals surface area contributed by atoms with Crippen LogP contribution in [-0.4, -0.2) is 16.5 Å². The molecule has 0 atom stereocenters. The monoisotopic (exact) mass is 268 g/mol. The van der Waals surface area contributed by atoms with Crippen molar-refractivity contribution in [2.24, 2.45) is 11.3 Å². The van der Waals surface area contributed by atoms with Crippen LogP contribution in [0.4, 0.5) is 0 Å². The van der Waals surface area contributed by atoms with E-state index in [0.29, 0.717) is 5.92 Å². The van der Waals surface area contributed by atoms with Crippen molar-refractivity contribution in [3.05, 3.63) is 0 Å². The zero-order valence-corrected chi connectivity index (χ0v) is 12.4. The van der Waals surface area contributed by atoms with E-state index in [0.717, 1.165) is 12.8 Å². The number of hydrogen-bond acceptors (Lipinski definition) is 2. The molecule has 2 aliphatic rings. The summed E-state index contributed by atoms with van der Waals surface area (Å²) in [5.41, 5.74) is -0.183. The molecule has 0 aromatic rings. The second-order valence-electron chi connectivity index (χ2n) is 6.92. The minimum absolute atomic E-state index is 0.183. The van der Waals surface area contributed by atoms with Crippen molar-refractivity contribution >= 4 is 0 Å². The van der Waals surface area contributed by atoms with Gasteiger partial charge in [0.1, 0.15) is 0 Å². The van der Waals surface area contributed by atoms with Crippen LogP contribution in [0.15, 0.2) is 0 Å². The minimum Gasteiger partial charge on any atom is -0.368 e. The van der Waals surface area contributed by atoms with Crippen molar-refractivity contribution in [1.82, 2.24) is 0 Å². The largest absolute Gasteiger partial charge is 0.368 e. The molecule has 2 fully saturated rings. The summed E-state index contributed by atoms with van der Waals surface area (Å²) in [6, 6.07) is 0. The van der Waals surface area contributed by atoms with Gasteiger partial charge in [-0.3, -0.25) is 0 Å². The van der Waals surface area contributed by atoms with Crippen molar-refractivity contribution < 1.29 is 10.2 Å². The van der Waals surface area contributed by atoms with Crippen LogP contribution in [0.1, 0.15) is 89.9 Å². The quantitative estimate of drug-likeness (QED) is 0.729. The van der Waals surface area contributed by atoms with Gasteiger partial charge in [0.2, 0.25) is 0 Å². The highest BCUT2D eigenvalue weighted by molar-refractivity contribution is 4.90. The topological polar surface area (TPSA) is 40.5 Å². The zero-order chi connectivity index (χ0) is 13.6. The summed E-state index contributed by atoms with van der Waals surface area (Å²) in [6.45, 7) is 0. The lowest BCUT2D eigenvalue weighted by molar-refractivity contribution is -0.172. The fraction of sp³-hybridized carbons (Fsp3) is 1.00. The number of aliphatic hydroxyl groups excluding tert-OH is 1. The first kappa shape index (κ1) is 15.3. The van der Waals surface area contributed by atoms with Crippen molar-refractivity contribution in [3.8, 4) is 0 Å². The fourth-order valence-corrected chi connectivity index (χ4v) is 4.47. The van der Waals surface area contributed by atoms with Crippen molar-refractivity contribution in [3.63, 3.8) is 0 Å². The second-order valence-corrected chi connectivity index (χ2v) is 6.92. The van der Waals surface area contributed by atoms with Gasteiger partial charge >= 0.3 is 0 Å². The van der Waals surface area contributed by atoms with Crippen molar-refractivity contribution in [1.29, 1.82) is 0 Å². The van der Waals surface area contributed by atoms with E-state index in [9.17, 15) is 10.2 Å². The lowest BCUT2D eigenvalue weighted by Gasteiger charge is -2.44. The Hall–Kier alpha value is -0.0800. The second kappa shape index (κ2) is 7.64. The first-order chi connectivity index (χ1) is 9.26. The zero-order valence-electron chi connectivity index (χ0n) is 12.4. The van der Waals surface area contributed by atoms with Gasteiger partial charge in [-0.25, -0.2) is 0 Å². The average Bonchev–Trinajstić information content (AvgIpc) is 2.29. The van der Waals surface area contributed by atoms with E-state index in [-0.39, 0.29) is 5.41 Å². The molecule has 0 radical (unpaired) electrons. The Morgan fingerprint density at radius 1 is 0.632 bits per heavy atom. The highest BCUT2D eigenvalue weighted by atomic mass is 16.5. The highest BCUT2D eigenvalue weighted by Gasteiger charge is 2.43.